The van der Waals surface area contributed by atoms with Crippen LogP contribution in [0.5, 0.6) is 0 Å². The highest BCUT2D eigenvalue weighted by molar-refractivity contribution is 6.02. The number of nitrogens with two attached hydrogens (primary N) is 1. The lowest BCUT2D eigenvalue weighted by atomic mass is 10.2. The first-order chi connectivity index (χ1) is 11.7. The lowest BCUT2D eigenvalue weighted by Crippen LogP contribution is -2.36. The Hall–Kier alpha value is -2.42. The highest BCUT2D eigenvalue weighted by Gasteiger charge is 2.17. The molecule has 1 aliphatic rings. The molecule has 4 N–H and O–H groups in total. The summed E-state index contributed by atoms with van der Waals surface area (Å²) in [5, 5.41) is 11.7. The number of carbonyl (C=O) groups is 1. The third kappa shape index (κ3) is 3.73. The number of aliphatic hydroxyl groups excluding tert-OH is 1. The predicted molar refractivity (Wildman–Crippen MR) is 87.9 cm³/mol. The Morgan fingerprint density at radius 2 is 2.04 bits per heavy atom. The molecule has 0 saturated carbocycles. The van der Waals surface area contributed by atoms with E-state index >= 15 is 0 Å². The number of carbonyl (C=O) groups excluding carboxylic acids is 1. The Bertz CT molecular complexity index is 680. The molecule has 8 heteroatoms. The number of aliphatic hydroxyl groups is 1. The number of nitrogens with zero attached hydrogens (tertiary/aromatic N) is 2. The quantitative estimate of drug-likeness (QED) is 0.740. The standard InChI is InChI=1S/C16H20N4O4/c17-13(9-21)16-19-14(10-24-16)15(22)18-11-1-3-12(4-2-11)20-5-7-23-8-6-20/h1-4,10,13,21H,5-9,17H2,(H,18,22). The number of oxazole rings is 1. The molecule has 1 atom stereocenters. The minimum atomic E-state index is -0.737. The van der Waals surface area contributed by atoms with Gasteiger partial charge in [-0.1, -0.05) is 0 Å². The summed E-state index contributed by atoms with van der Waals surface area (Å²) in [5.74, 6) is -0.264. The summed E-state index contributed by atoms with van der Waals surface area (Å²) in [4.78, 5) is 18.4. The van der Waals surface area contributed by atoms with Crippen LogP contribution in [0, 0.1) is 0 Å². The summed E-state index contributed by atoms with van der Waals surface area (Å²) >= 11 is 0. The monoisotopic (exact) mass is 332 g/mol. The van der Waals surface area contributed by atoms with E-state index in [2.05, 4.69) is 15.2 Å². The van der Waals surface area contributed by atoms with Crippen molar-refractivity contribution >= 4 is 17.3 Å². The number of anilines is 2. The summed E-state index contributed by atoms with van der Waals surface area (Å²) < 4.78 is 10.4. The molecule has 1 aliphatic heterocycles. The summed E-state index contributed by atoms with van der Waals surface area (Å²) in [5.41, 5.74) is 7.46. The van der Waals surface area contributed by atoms with E-state index in [1.54, 1.807) is 0 Å². The predicted octanol–water partition coefficient (Wildman–Crippen LogP) is 0.756. The van der Waals surface area contributed by atoms with Crippen molar-refractivity contribution in [3.8, 4) is 0 Å². The zero-order valence-electron chi connectivity index (χ0n) is 13.1. The molecule has 0 spiro atoms. The second-order valence-corrected chi connectivity index (χ2v) is 5.46. The second kappa shape index (κ2) is 7.43. The van der Waals surface area contributed by atoms with Gasteiger partial charge in [-0.2, -0.15) is 0 Å². The van der Waals surface area contributed by atoms with Crippen LogP contribution in [0.4, 0.5) is 11.4 Å². The molecule has 24 heavy (non-hydrogen) atoms. The number of aromatic nitrogens is 1. The van der Waals surface area contributed by atoms with E-state index in [4.69, 9.17) is 20.0 Å². The first kappa shape index (κ1) is 16.4. The van der Waals surface area contributed by atoms with Crippen LogP contribution in [0.25, 0.3) is 0 Å². The van der Waals surface area contributed by atoms with E-state index in [9.17, 15) is 4.79 Å². The number of ether oxygens (including phenoxy) is 1. The average Bonchev–Trinajstić information content (AvgIpc) is 3.13. The fraction of sp³-hybridized carbons (Fsp3) is 0.375. The largest absolute Gasteiger partial charge is 0.446 e. The highest BCUT2D eigenvalue weighted by Crippen LogP contribution is 2.19. The summed E-state index contributed by atoms with van der Waals surface area (Å²) in [6, 6.07) is 6.85. The van der Waals surface area contributed by atoms with Crippen molar-refractivity contribution in [1.29, 1.82) is 0 Å². The van der Waals surface area contributed by atoms with Crippen molar-refractivity contribution in [2.45, 2.75) is 6.04 Å². The Kier molecular flexibility index (Phi) is 5.09. The molecule has 128 valence electrons. The number of hydrogen-bond acceptors (Lipinski definition) is 7. The molecular weight excluding hydrogens is 312 g/mol. The van der Waals surface area contributed by atoms with Gasteiger partial charge in [-0.15, -0.1) is 0 Å². The van der Waals surface area contributed by atoms with Crippen molar-refractivity contribution in [3.05, 3.63) is 42.1 Å². The van der Waals surface area contributed by atoms with Gasteiger partial charge in [0.2, 0.25) is 5.89 Å². The van der Waals surface area contributed by atoms with Crippen LogP contribution in [0.1, 0.15) is 22.4 Å². The minimum Gasteiger partial charge on any atom is -0.446 e. The molecule has 2 heterocycles. The molecule has 0 bridgehead atoms. The second-order valence-electron chi connectivity index (χ2n) is 5.46. The lowest BCUT2D eigenvalue weighted by Gasteiger charge is -2.28. The number of hydrogen-bond donors (Lipinski definition) is 3. The van der Waals surface area contributed by atoms with Crippen LogP contribution in [-0.4, -0.2) is 48.9 Å². The van der Waals surface area contributed by atoms with E-state index < -0.39 is 11.9 Å². The Morgan fingerprint density at radius 3 is 2.71 bits per heavy atom. The minimum absolute atomic E-state index is 0.117. The van der Waals surface area contributed by atoms with Crippen molar-refractivity contribution in [2.24, 2.45) is 5.73 Å². The van der Waals surface area contributed by atoms with Gasteiger partial charge in [-0.05, 0) is 24.3 Å². The summed E-state index contributed by atoms with van der Waals surface area (Å²) in [6.45, 7) is 2.87. The average molecular weight is 332 g/mol. The third-order valence-corrected chi connectivity index (χ3v) is 3.77. The van der Waals surface area contributed by atoms with Gasteiger partial charge in [0.05, 0.1) is 19.8 Å². The van der Waals surface area contributed by atoms with Gasteiger partial charge in [0.15, 0.2) is 5.69 Å². The fourth-order valence-electron chi connectivity index (χ4n) is 2.41. The molecule has 0 aliphatic carbocycles. The SMILES string of the molecule is NC(CO)c1nc(C(=O)Nc2ccc(N3CCOCC3)cc2)co1. The van der Waals surface area contributed by atoms with Crippen LogP contribution in [0.2, 0.25) is 0 Å². The Morgan fingerprint density at radius 1 is 1.33 bits per heavy atom. The highest BCUT2D eigenvalue weighted by atomic mass is 16.5. The lowest BCUT2D eigenvalue weighted by molar-refractivity contribution is 0.102. The maximum absolute atomic E-state index is 12.2. The van der Waals surface area contributed by atoms with Gasteiger partial charge in [0.1, 0.15) is 12.3 Å². The first-order valence-electron chi connectivity index (χ1n) is 7.73. The van der Waals surface area contributed by atoms with Crippen LogP contribution >= 0.6 is 0 Å². The molecule has 1 amide bonds. The first-order valence-corrected chi connectivity index (χ1v) is 7.73. The molecule has 0 radical (unpaired) electrons. The van der Waals surface area contributed by atoms with E-state index in [0.29, 0.717) is 5.69 Å². The molecule has 1 saturated heterocycles. The summed E-state index contributed by atoms with van der Waals surface area (Å²) in [7, 11) is 0. The van der Waals surface area contributed by atoms with Crippen molar-refractivity contribution < 1.29 is 19.1 Å². The zero-order valence-corrected chi connectivity index (χ0v) is 13.1. The van der Waals surface area contributed by atoms with Gasteiger partial charge in [-0.3, -0.25) is 4.79 Å². The van der Waals surface area contributed by atoms with Gasteiger partial charge >= 0.3 is 0 Å². The van der Waals surface area contributed by atoms with Crippen LogP contribution in [0.3, 0.4) is 0 Å². The zero-order chi connectivity index (χ0) is 16.9. The van der Waals surface area contributed by atoms with Gasteiger partial charge in [-0.25, -0.2) is 4.98 Å². The van der Waals surface area contributed by atoms with Crippen molar-refractivity contribution in [1.82, 2.24) is 4.98 Å². The number of benzene rings is 1. The molecule has 2 aromatic rings. The fourth-order valence-corrected chi connectivity index (χ4v) is 2.41. The van der Waals surface area contributed by atoms with Crippen molar-refractivity contribution in [2.75, 3.05) is 43.1 Å². The van der Waals surface area contributed by atoms with Gasteiger partial charge < -0.3 is 30.2 Å². The third-order valence-electron chi connectivity index (χ3n) is 3.77. The molecular formula is C16H20N4O4. The Labute approximate surface area is 139 Å². The van der Waals surface area contributed by atoms with Gasteiger partial charge in [0, 0.05) is 24.5 Å². The topological polar surface area (TPSA) is 114 Å². The van der Waals surface area contributed by atoms with E-state index in [-0.39, 0.29) is 18.2 Å². The van der Waals surface area contributed by atoms with E-state index in [1.165, 1.54) is 6.26 Å². The van der Waals surface area contributed by atoms with E-state index in [1.807, 2.05) is 24.3 Å². The van der Waals surface area contributed by atoms with Gasteiger partial charge in [0.25, 0.3) is 5.91 Å². The Balaban J connectivity index is 1.62. The number of morpholine rings is 1. The maximum atomic E-state index is 12.2. The number of rotatable bonds is 5. The normalized spacial score (nSPS) is 16.0. The maximum Gasteiger partial charge on any atom is 0.277 e. The number of nitrogens with one attached hydrogen (secondary N) is 1. The summed E-state index contributed by atoms with van der Waals surface area (Å²) in [6.07, 6.45) is 1.22. The molecule has 8 nitrogen and oxygen atoms in total. The van der Waals surface area contributed by atoms with Crippen LogP contribution < -0.4 is 16.0 Å². The molecule has 1 fully saturated rings. The van der Waals surface area contributed by atoms with Crippen molar-refractivity contribution in [3.63, 3.8) is 0 Å². The molecule has 1 aromatic heterocycles. The van der Waals surface area contributed by atoms with Crippen LogP contribution in [-0.2, 0) is 4.74 Å². The molecule has 1 unspecified atom stereocenters. The smallest absolute Gasteiger partial charge is 0.277 e. The molecule has 1 aromatic carbocycles. The number of amides is 1. The van der Waals surface area contributed by atoms with E-state index in [0.717, 1.165) is 32.0 Å². The molecule has 3 rings (SSSR count). The van der Waals surface area contributed by atoms with Crippen LogP contribution in [0.15, 0.2) is 34.9 Å².